The fraction of sp³-hybridized carbons (Fsp3) is 0.296. The highest BCUT2D eigenvalue weighted by atomic mass is 16.5. The first-order valence-electron chi connectivity index (χ1n) is 12.0. The highest BCUT2D eigenvalue weighted by molar-refractivity contribution is 5.78. The topological polar surface area (TPSA) is 105 Å². The molecule has 1 fully saturated rings. The maximum Gasteiger partial charge on any atom is 0.208 e. The van der Waals surface area contributed by atoms with Crippen LogP contribution in [-0.2, 0) is 13.0 Å². The fourth-order valence-electron chi connectivity index (χ4n) is 5.32. The van der Waals surface area contributed by atoms with E-state index >= 15 is 0 Å². The van der Waals surface area contributed by atoms with Crippen molar-refractivity contribution in [2.75, 3.05) is 31.2 Å². The summed E-state index contributed by atoms with van der Waals surface area (Å²) in [4.78, 5) is 11.7. The van der Waals surface area contributed by atoms with Gasteiger partial charge in [0, 0.05) is 47.6 Å². The lowest BCUT2D eigenvalue weighted by atomic mass is 10.0. The molecular formula is C27H27N7O. The third kappa shape index (κ3) is 3.74. The molecule has 0 aliphatic carbocycles. The van der Waals surface area contributed by atoms with Crippen LogP contribution >= 0.6 is 0 Å². The number of fused-ring (bicyclic) bond motifs is 2. The predicted molar refractivity (Wildman–Crippen MR) is 135 cm³/mol. The van der Waals surface area contributed by atoms with Gasteiger partial charge in [0.15, 0.2) is 11.3 Å². The Morgan fingerprint density at radius 2 is 2.09 bits per heavy atom. The number of benzene rings is 2. The van der Waals surface area contributed by atoms with Crippen LogP contribution in [0.5, 0.6) is 5.75 Å². The molecule has 2 aromatic carbocycles. The number of likely N-dealkylation sites (tertiary alicyclic amines) is 1. The summed E-state index contributed by atoms with van der Waals surface area (Å²) in [6.07, 6.45) is 6.81. The zero-order valence-electron chi connectivity index (χ0n) is 19.7. The van der Waals surface area contributed by atoms with Crippen LogP contribution in [0.3, 0.4) is 0 Å². The number of hydrogen-bond acceptors (Lipinski definition) is 7. The first kappa shape index (κ1) is 21.4. The minimum absolute atomic E-state index is 0.347. The number of rotatable bonds is 5. The molecule has 2 aromatic heterocycles. The molecule has 1 saturated heterocycles. The van der Waals surface area contributed by atoms with E-state index in [0.717, 1.165) is 46.7 Å². The van der Waals surface area contributed by atoms with Gasteiger partial charge in [-0.25, -0.2) is 9.97 Å². The minimum atomic E-state index is 0.347. The smallest absolute Gasteiger partial charge is 0.208 e. The summed E-state index contributed by atoms with van der Waals surface area (Å²) in [5.74, 6) is 1.50. The largest absolute Gasteiger partial charge is 0.493 e. The summed E-state index contributed by atoms with van der Waals surface area (Å²) in [5.41, 5.74) is 13.4. The van der Waals surface area contributed by atoms with E-state index in [2.05, 4.69) is 52.6 Å². The number of hydrogen-bond donors (Lipinski definition) is 2. The fourth-order valence-corrected chi connectivity index (χ4v) is 5.32. The summed E-state index contributed by atoms with van der Waals surface area (Å²) in [6, 6.07) is 15.1. The van der Waals surface area contributed by atoms with Crippen molar-refractivity contribution in [2.24, 2.45) is 0 Å². The van der Waals surface area contributed by atoms with Gasteiger partial charge in [0.25, 0.3) is 0 Å². The Morgan fingerprint density at radius 1 is 1.23 bits per heavy atom. The summed E-state index contributed by atoms with van der Waals surface area (Å²) in [6.45, 7) is 2.32. The summed E-state index contributed by atoms with van der Waals surface area (Å²) >= 11 is 0. The highest BCUT2D eigenvalue weighted by Crippen LogP contribution is 2.34. The van der Waals surface area contributed by atoms with E-state index in [-0.39, 0.29) is 0 Å². The average molecular weight is 466 g/mol. The van der Waals surface area contributed by atoms with Gasteiger partial charge in [0.05, 0.1) is 12.8 Å². The monoisotopic (exact) mass is 465 g/mol. The van der Waals surface area contributed by atoms with Crippen molar-refractivity contribution in [1.82, 2.24) is 19.3 Å². The van der Waals surface area contributed by atoms with E-state index < -0.39 is 0 Å². The Balaban J connectivity index is 1.33. The molecule has 0 amide bonds. The molecular weight excluding hydrogens is 438 g/mol. The van der Waals surface area contributed by atoms with Crippen molar-refractivity contribution in [1.29, 1.82) is 5.26 Å². The Morgan fingerprint density at radius 3 is 2.86 bits per heavy atom. The molecule has 0 bridgehead atoms. The first-order valence-corrected chi connectivity index (χ1v) is 12.0. The number of nitrogens with two attached hydrogens (primary N) is 1. The van der Waals surface area contributed by atoms with Gasteiger partial charge in [0.1, 0.15) is 11.8 Å². The van der Waals surface area contributed by atoms with Crippen LogP contribution in [0.4, 0.5) is 11.6 Å². The number of anilines is 2. The quantitative estimate of drug-likeness (QED) is 0.426. The van der Waals surface area contributed by atoms with Crippen molar-refractivity contribution in [2.45, 2.75) is 31.8 Å². The Bertz CT molecular complexity index is 1450. The molecule has 6 rings (SSSR count). The summed E-state index contributed by atoms with van der Waals surface area (Å²) < 4.78 is 7.54. The second kappa shape index (κ2) is 8.60. The van der Waals surface area contributed by atoms with E-state index in [1.807, 2.05) is 22.7 Å². The molecule has 35 heavy (non-hydrogen) atoms. The van der Waals surface area contributed by atoms with E-state index in [9.17, 15) is 5.26 Å². The van der Waals surface area contributed by atoms with Crippen molar-refractivity contribution in [3.63, 3.8) is 0 Å². The van der Waals surface area contributed by atoms with Crippen molar-refractivity contribution in [3.8, 4) is 22.9 Å². The van der Waals surface area contributed by atoms with Gasteiger partial charge in [-0.05, 0) is 49.7 Å². The number of aromatic nitrogens is 3. The molecule has 8 nitrogen and oxygen atoms in total. The van der Waals surface area contributed by atoms with Crippen molar-refractivity contribution < 1.29 is 4.74 Å². The number of nitrogens with one attached hydrogen (secondary N) is 1. The number of nitrogens with zero attached hydrogens (tertiary/aromatic N) is 5. The van der Waals surface area contributed by atoms with Crippen LogP contribution in [0.15, 0.2) is 48.8 Å². The normalized spacial score (nSPS) is 17.3. The maximum atomic E-state index is 9.52. The van der Waals surface area contributed by atoms with Crippen LogP contribution in [0.2, 0.25) is 0 Å². The lowest BCUT2D eigenvalue weighted by Crippen LogP contribution is -2.17. The molecule has 2 aliphatic heterocycles. The number of ether oxygens (including phenoxy) is 1. The SMILES string of the molecule is CN1CCCC1c1ccc(-c2cnc(NCc3c(N)ccc4c3CCO4)n3cc(C#N)nc23)cc1. The Hall–Kier alpha value is -4.09. The summed E-state index contributed by atoms with van der Waals surface area (Å²) in [7, 11) is 2.18. The predicted octanol–water partition coefficient (Wildman–Crippen LogP) is 4.16. The minimum Gasteiger partial charge on any atom is -0.493 e. The molecule has 1 unspecified atom stereocenters. The molecule has 0 saturated carbocycles. The maximum absolute atomic E-state index is 9.52. The molecule has 4 aromatic rings. The van der Waals surface area contributed by atoms with Crippen molar-refractivity contribution in [3.05, 3.63) is 71.2 Å². The van der Waals surface area contributed by atoms with Gasteiger partial charge in [-0.1, -0.05) is 24.3 Å². The van der Waals surface area contributed by atoms with Crippen LogP contribution < -0.4 is 15.8 Å². The molecule has 0 spiro atoms. The second-order valence-corrected chi connectivity index (χ2v) is 9.25. The van der Waals surface area contributed by atoms with Crippen LogP contribution in [-0.4, -0.2) is 39.5 Å². The van der Waals surface area contributed by atoms with Gasteiger partial charge >= 0.3 is 0 Å². The Kier molecular flexibility index (Phi) is 5.27. The van der Waals surface area contributed by atoms with E-state index in [1.54, 1.807) is 6.20 Å². The standard InChI is InChI=1S/C27H27N7O/c1-33-11-2-3-24(33)18-6-4-17(5-7-18)21-14-30-27(34-16-19(13-28)32-26(21)34)31-15-22-20-10-12-35-25(20)9-8-23(22)29/h4-9,14,16,24H,2-3,10-12,15,29H2,1H3,(H,30,31). The lowest BCUT2D eigenvalue weighted by molar-refractivity contribution is 0.317. The van der Waals surface area contributed by atoms with Crippen LogP contribution in [0.1, 0.15) is 41.3 Å². The van der Waals surface area contributed by atoms with E-state index in [1.165, 1.54) is 18.4 Å². The average Bonchev–Trinajstić information content (AvgIpc) is 3.63. The van der Waals surface area contributed by atoms with Gasteiger partial charge < -0.3 is 15.8 Å². The van der Waals surface area contributed by atoms with Crippen LogP contribution in [0, 0.1) is 11.3 Å². The molecule has 0 radical (unpaired) electrons. The molecule has 1 atom stereocenters. The van der Waals surface area contributed by atoms with Crippen molar-refractivity contribution >= 4 is 17.3 Å². The third-order valence-electron chi connectivity index (χ3n) is 7.19. The van der Waals surface area contributed by atoms with Gasteiger partial charge in [-0.3, -0.25) is 9.30 Å². The van der Waals surface area contributed by atoms with Gasteiger partial charge in [-0.2, -0.15) is 5.26 Å². The Labute approximate surface area is 204 Å². The number of imidazole rings is 1. The molecule has 176 valence electrons. The highest BCUT2D eigenvalue weighted by Gasteiger charge is 2.23. The van der Waals surface area contributed by atoms with Gasteiger partial charge in [-0.15, -0.1) is 0 Å². The first-order chi connectivity index (χ1) is 17.1. The van der Waals surface area contributed by atoms with Gasteiger partial charge in [0.2, 0.25) is 5.95 Å². The molecule has 3 N–H and O–H groups in total. The van der Waals surface area contributed by atoms with E-state index in [4.69, 9.17) is 15.5 Å². The zero-order chi connectivity index (χ0) is 23.9. The van der Waals surface area contributed by atoms with E-state index in [0.29, 0.717) is 36.5 Å². The summed E-state index contributed by atoms with van der Waals surface area (Å²) in [5, 5.41) is 12.9. The molecule has 8 heteroatoms. The lowest BCUT2D eigenvalue weighted by Gasteiger charge is -2.20. The third-order valence-corrected chi connectivity index (χ3v) is 7.19. The number of nitriles is 1. The second-order valence-electron chi connectivity index (χ2n) is 9.25. The van der Waals surface area contributed by atoms with Crippen LogP contribution in [0.25, 0.3) is 16.8 Å². The molecule has 4 heterocycles. The zero-order valence-corrected chi connectivity index (χ0v) is 19.7. The number of nitrogen functional groups attached to an aromatic ring is 1. The molecule has 2 aliphatic rings.